The number of fused-ring (bicyclic) bond motifs is 1. The molecule has 0 spiro atoms. The summed E-state index contributed by atoms with van der Waals surface area (Å²) < 4.78 is 59.5. The zero-order valence-corrected chi connectivity index (χ0v) is 23.5. The fourth-order valence-electron chi connectivity index (χ4n) is 5.67. The highest BCUT2D eigenvalue weighted by Gasteiger charge is 2.37. The second-order valence-electron chi connectivity index (χ2n) is 11.1. The molecule has 11 nitrogen and oxygen atoms in total. The van der Waals surface area contributed by atoms with Crippen LogP contribution in [0.3, 0.4) is 0 Å². The van der Waals surface area contributed by atoms with E-state index in [0.717, 1.165) is 10.4 Å². The average molecular weight is 611 g/mol. The van der Waals surface area contributed by atoms with Crippen LogP contribution < -0.4 is 20.7 Å². The van der Waals surface area contributed by atoms with Crippen molar-refractivity contribution in [2.45, 2.75) is 69.9 Å². The molecule has 2 fully saturated rings. The third kappa shape index (κ3) is 5.80. The van der Waals surface area contributed by atoms with Crippen LogP contribution in [0.2, 0.25) is 0 Å². The monoisotopic (exact) mass is 610 g/mol. The Morgan fingerprint density at radius 1 is 1.19 bits per heavy atom. The van der Waals surface area contributed by atoms with Crippen LogP contribution in [0, 0.1) is 11.8 Å². The molecule has 3 aliphatic carbocycles. The maximum absolute atomic E-state index is 13.5. The van der Waals surface area contributed by atoms with Crippen molar-refractivity contribution >= 4 is 39.9 Å². The Labute approximate surface area is 242 Å². The Morgan fingerprint density at radius 3 is 2.67 bits per heavy atom. The highest BCUT2D eigenvalue weighted by molar-refractivity contribution is 7.17. The van der Waals surface area contributed by atoms with E-state index in [1.807, 2.05) is 4.57 Å². The molecule has 16 heteroatoms. The number of carbonyl (C=O) groups excluding carboxylic acids is 2. The number of halogens is 4. The molecule has 0 aromatic carbocycles. The van der Waals surface area contributed by atoms with Crippen molar-refractivity contribution in [2.24, 2.45) is 18.9 Å². The molecule has 3 aromatic heterocycles. The van der Waals surface area contributed by atoms with Gasteiger partial charge in [0, 0.05) is 36.5 Å². The average Bonchev–Trinajstić information content (AvgIpc) is 3.60. The first-order chi connectivity index (χ1) is 20.1. The van der Waals surface area contributed by atoms with Crippen molar-refractivity contribution in [3.8, 4) is 5.88 Å². The molecule has 3 aromatic rings. The lowest BCUT2D eigenvalue weighted by atomic mass is 9.83. The van der Waals surface area contributed by atoms with Gasteiger partial charge >= 0.3 is 6.61 Å². The number of alkyl halides is 4. The smallest absolute Gasteiger partial charge is 0.388 e. The largest absolute Gasteiger partial charge is 0.415 e. The number of nitrogens with one attached hydrogen (secondary N) is 3. The van der Waals surface area contributed by atoms with Gasteiger partial charge in [0.05, 0.1) is 5.56 Å². The number of nitrogens with zero attached hydrogens (tertiary/aromatic N) is 5. The molecular weight excluding hydrogens is 580 g/mol. The lowest BCUT2D eigenvalue weighted by molar-refractivity contribution is -0.124. The second-order valence-corrected chi connectivity index (χ2v) is 12.2. The SMILES string of the molecule is Cn1nc(OC(F)F)cc1Nc1nncn1[C@H]1CCc2sc(NC(=O)C3CC(F)C3)c(C(=O)NCC3CC(F)C3)c2C1. The van der Waals surface area contributed by atoms with Gasteiger partial charge in [-0.05, 0) is 56.4 Å². The van der Waals surface area contributed by atoms with Crippen LogP contribution in [-0.2, 0) is 24.7 Å². The number of hydrogen-bond acceptors (Lipinski definition) is 8. The van der Waals surface area contributed by atoms with Gasteiger partial charge in [-0.3, -0.25) is 14.2 Å². The van der Waals surface area contributed by atoms with Gasteiger partial charge < -0.3 is 20.7 Å². The Kier molecular flexibility index (Phi) is 7.81. The van der Waals surface area contributed by atoms with Crippen LogP contribution in [0.25, 0.3) is 0 Å². The summed E-state index contributed by atoms with van der Waals surface area (Å²) in [6.07, 6.45) is 2.64. The summed E-state index contributed by atoms with van der Waals surface area (Å²) >= 11 is 1.35. The number of hydrogen-bond donors (Lipinski definition) is 3. The molecule has 0 bridgehead atoms. The first-order valence-corrected chi connectivity index (χ1v) is 14.6. The van der Waals surface area contributed by atoms with E-state index < -0.39 is 24.9 Å². The number of anilines is 3. The predicted molar refractivity (Wildman–Crippen MR) is 145 cm³/mol. The van der Waals surface area contributed by atoms with Gasteiger partial charge in [0.15, 0.2) is 0 Å². The number of thiophene rings is 1. The standard InChI is InChI=1S/C26H30F4N8O3S/c1-37-19(9-20(36-37)41-25(29)30)33-26-35-32-11-38(26)16-2-3-18-17(8-16)21(23(40)31-10-12-4-14(27)5-12)24(42-18)34-22(39)13-6-15(28)7-13/h9,11-16,25H,2-8,10H2,1H3,(H,31,40)(H,33,35)(H,34,39)/t12?,13?,14?,15?,16-/m0/s1. The minimum atomic E-state index is -3.01. The van der Waals surface area contributed by atoms with Crippen LogP contribution in [0.5, 0.6) is 5.88 Å². The van der Waals surface area contributed by atoms with Gasteiger partial charge in [-0.15, -0.1) is 26.6 Å². The summed E-state index contributed by atoms with van der Waals surface area (Å²) in [5.74, 6) is -0.542. The summed E-state index contributed by atoms with van der Waals surface area (Å²) in [6.45, 7) is -2.67. The van der Waals surface area contributed by atoms with Crippen molar-refractivity contribution in [3.63, 3.8) is 0 Å². The molecule has 3 N–H and O–H groups in total. The number of ether oxygens (including phenoxy) is 1. The molecule has 0 saturated heterocycles. The van der Waals surface area contributed by atoms with E-state index in [2.05, 4.69) is 36.0 Å². The molecule has 1 atom stereocenters. The summed E-state index contributed by atoms with van der Waals surface area (Å²) in [6, 6.07) is 1.16. The number of aromatic nitrogens is 5. The molecule has 3 heterocycles. The summed E-state index contributed by atoms with van der Waals surface area (Å²) in [5, 5.41) is 21.4. The number of carbonyl (C=O) groups is 2. The van der Waals surface area contributed by atoms with Crippen molar-refractivity contribution < 1.29 is 31.9 Å². The Hall–Kier alpha value is -3.69. The normalized spacial score (nSPS) is 24.9. The van der Waals surface area contributed by atoms with E-state index >= 15 is 0 Å². The molecule has 0 aliphatic heterocycles. The van der Waals surface area contributed by atoms with Gasteiger partial charge in [-0.1, -0.05) is 0 Å². The van der Waals surface area contributed by atoms with Gasteiger partial charge in [0.2, 0.25) is 17.7 Å². The third-order valence-electron chi connectivity index (χ3n) is 8.15. The summed E-state index contributed by atoms with van der Waals surface area (Å²) in [7, 11) is 1.56. The topological polar surface area (TPSA) is 128 Å². The third-order valence-corrected chi connectivity index (χ3v) is 9.36. The van der Waals surface area contributed by atoms with E-state index in [0.29, 0.717) is 61.0 Å². The van der Waals surface area contributed by atoms with Crippen molar-refractivity contribution in [1.29, 1.82) is 0 Å². The minimum absolute atomic E-state index is 0.0740. The molecule has 0 radical (unpaired) electrons. The highest BCUT2D eigenvalue weighted by atomic mass is 32.1. The number of rotatable bonds is 10. The maximum atomic E-state index is 13.5. The van der Waals surface area contributed by atoms with Gasteiger partial charge in [-0.25, -0.2) is 13.5 Å². The zero-order valence-electron chi connectivity index (χ0n) is 22.7. The van der Waals surface area contributed by atoms with Crippen molar-refractivity contribution in [2.75, 3.05) is 17.2 Å². The quantitative estimate of drug-likeness (QED) is 0.292. The molecule has 2 saturated carbocycles. The molecule has 6 rings (SSSR count). The van der Waals surface area contributed by atoms with Crippen LogP contribution in [-0.4, -0.2) is 61.9 Å². The Balaban J connectivity index is 1.22. The van der Waals surface area contributed by atoms with E-state index in [1.165, 1.54) is 22.1 Å². The summed E-state index contributed by atoms with van der Waals surface area (Å²) in [5.41, 5.74) is 1.18. The lowest BCUT2D eigenvalue weighted by Gasteiger charge is -2.30. The Bertz CT molecular complexity index is 1460. The van der Waals surface area contributed by atoms with Crippen LogP contribution in [0.1, 0.15) is 58.9 Å². The van der Waals surface area contributed by atoms with Crippen LogP contribution >= 0.6 is 11.3 Å². The molecule has 226 valence electrons. The van der Waals surface area contributed by atoms with Crippen LogP contribution in [0.15, 0.2) is 12.4 Å². The zero-order chi connectivity index (χ0) is 29.5. The maximum Gasteiger partial charge on any atom is 0.388 e. The second kappa shape index (κ2) is 11.5. The molecule has 0 unspecified atom stereocenters. The van der Waals surface area contributed by atoms with Crippen molar-refractivity contribution in [3.05, 3.63) is 28.4 Å². The highest BCUT2D eigenvalue weighted by Crippen LogP contribution is 2.43. The van der Waals surface area contributed by atoms with E-state index in [4.69, 9.17) is 0 Å². The van der Waals surface area contributed by atoms with Crippen LogP contribution in [0.4, 0.5) is 34.3 Å². The molecular formula is C26H30F4N8O3S. The van der Waals surface area contributed by atoms with Crippen molar-refractivity contribution in [1.82, 2.24) is 29.9 Å². The summed E-state index contributed by atoms with van der Waals surface area (Å²) in [4.78, 5) is 27.3. The Morgan fingerprint density at radius 2 is 1.95 bits per heavy atom. The van der Waals surface area contributed by atoms with E-state index in [9.17, 15) is 27.2 Å². The van der Waals surface area contributed by atoms with Gasteiger partial charge in [0.1, 0.15) is 29.5 Å². The van der Waals surface area contributed by atoms with E-state index in [1.54, 1.807) is 13.4 Å². The molecule has 3 aliphatic rings. The fourth-order valence-corrected chi connectivity index (χ4v) is 6.92. The first-order valence-electron chi connectivity index (χ1n) is 13.8. The number of amides is 2. The lowest BCUT2D eigenvalue weighted by Crippen LogP contribution is -2.38. The fraction of sp³-hybridized carbons (Fsp3) is 0.577. The molecule has 2 amide bonds. The van der Waals surface area contributed by atoms with E-state index in [-0.39, 0.29) is 42.5 Å². The van der Waals surface area contributed by atoms with Gasteiger partial charge in [-0.2, -0.15) is 8.78 Å². The number of aryl methyl sites for hydroxylation is 2. The molecule has 42 heavy (non-hydrogen) atoms. The minimum Gasteiger partial charge on any atom is -0.415 e. The van der Waals surface area contributed by atoms with Gasteiger partial charge in [0.25, 0.3) is 5.91 Å². The predicted octanol–water partition coefficient (Wildman–Crippen LogP) is 4.31. The first kappa shape index (κ1) is 28.4.